The van der Waals surface area contributed by atoms with Crippen LogP contribution in [-0.2, 0) is 14.8 Å². The third-order valence-corrected chi connectivity index (χ3v) is 6.35. The molecular weight excluding hydrogens is 354 g/mol. The summed E-state index contributed by atoms with van der Waals surface area (Å²) in [6.07, 6.45) is 2.57. The average molecular weight is 375 g/mol. The van der Waals surface area contributed by atoms with E-state index in [2.05, 4.69) is 10.3 Å². The molecule has 0 unspecified atom stereocenters. The van der Waals surface area contributed by atoms with E-state index in [-0.39, 0.29) is 16.7 Å². The van der Waals surface area contributed by atoms with E-state index in [0.29, 0.717) is 37.5 Å². The molecule has 2 aromatic rings. The fraction of sp³-hybridized carbons (Fsp3) is 0.333. The van der Waals surface area contributed by atoms with E-state index >= 15 is 0 Å². The van der Waals surface area contributed by atoms with Crippen LogP contribution < -0.4 is 10.1 Å². The summed E-state index contributed by atoms with van der Waals surface area (Å²) in [5, 5.41) is 2.78. The molecule has 1 aromatic carbocycles. The van der Waals surface area contributed by atoms with Crippen molar-refractivity contribution in [3.63, 3.8) is 0 Å². The number of amides is 1. The van der Waals surface area contributed by atoms with Crippen molar-refractivity contribution < 1.29 is 17.9 Å². The predicted molar refractivity (Wildman–Crippen MR) is 97.3 cm³/mol. The summed E-state index contributed by atoms with van der Waals surface area (Å²) in [7, 11) is -2.03. The number of ether oxygens (including phenoxy) is 1. The molecule has 2 heterocycles. The van der Waals surface area contributed by atoms with Crippen molar-refractivity contribution in [2.75, 3.05) is 25.5 Å². The van der Waals surface area contributed by atoms with Crippen LogP contribution >= 0.6 is 0 Å². The minimum atomic E-state index is -3.56. The van der Waals surface area contributed by atoms with Crippen LogP contribution in [0.4, 0.5) is 5.82 Å². The minimum Gasteiger partial charge on any atom is -0.497 e. The quantitative estimate of drug-likeness (QED) is 0.865. The Kier molecular flexibility index (Phi) is 5.53. The fourth-order valence-corrected chi connectivity index (χ4v) is 4.39. The van der Waals surface area contributed by atoms with Crippen molar-refractivity contribution in [2.45, 2.75) is 17.7 Å². The molecule has 1 N–H and O–H groups in total. The number of hydrogen-bond acceptors (Lipinski definition) is 5. The number of nitrogens with one attached hydrogen (secondary N) is 1. The highest BCUT2D eigenvalue weighted by molar-refractivity contribution is 7.89. The van der Waals surface area contributed by atoms with Crippen LogP contribution in [-0.4, -0.2) is 43.8 Å². The van der Waals surface area contributed by atoms with Crippen molar-refractivity contribution in [2.24, 2.45) is 5.92 Å². The summed E-state index contributed by atoms with van der Waals surface area (Å²) in [5.74, 6) is 0.768. The van der Waals surface area contributed by atoms with E-state index in [0.717, 1.165) is 0 Å². The Morgan fingerprint density at radius 2 is 1.85 bits per heavy atom. The molecule has 1 aromatic heterocycles. The maximum Gasteiger partial charge on any atom is 0.243 e. The Balaban J connectivity index is 1.61. The van der Waals surface area contributed by atoms with Crippen molar-refractivity contribution in [1.82, 2.24) is 9.29 Å². The van der Waals surface area contributed by atoms with Gasteiger partial charge in [-0.2, -0.15) is 4.31 Å². The van der Waals surface area contributed by atoms with Gasteiger partial charge < -0.3 is 10.1 Å². The fourth-order valence-electron chi connectivity index (χ4n) is 2.92. The van der Waals surface area contributed by atoms with Crippen molar-refractivity contribution in [3.8, 4) is 5.75 Å². The molecule has 0 atom stereocenters. The molecule has 1 amide bonds. The van der Waals surface area contributed by atoms with E-state index in [1.54, 1.807) is 36.5 Å². The van der Waals surface area contributed by atoms with Gasteiger partial charge in [-0.05, 0) is 49.2 Å². The summed E-state index contributed by atoms with van der Waals surface area (Å²) in [5.41, 5.74) is 0. The SMILES string of the molecule is COc1ccc(S(=O)(=O)N2CCC(C(=O)Nc3ccccn3)CC2)cc1. The van der Waals surface area contributed by atoms with Gasteiger partial charge in [0.25, 0.3) is 0 Å². The molecule has 1 saturated heterocycles. The minimum absolute atomic E-state index is 0.120. The van der Waals surface area contributed by atoms with E-state index in [1.807, 2.05) is 0 Å². The molecule has 0 bridgehead atoms. The number of piperidine rings is 1. The maximum atomic E-state index is 12.7. The third-order valence-electron chi connectivity index (χ3n) is 4.44. The summed E-state index contributed by atoms with van der Waals surface area (Å²) < 4.78 is 31.9. The number of pyridine rings is 1. The molecule has 0 radical (unpaired) electrons. The first-order valence-electron chi connectivity index (χ1n) is 8.37. The van der Waals surface area contributed by atoms with E-state index in [4.69, 9.17) is 4.74 Å². The van der Waals surface area contributed by atoms with Gasteiger partial charge in [0.15, 0.2) is 0 Å². The number of carbonyl (C=O) groups excluding carboxylic acids is 1. The predicted octanol–water partition coefficient (Wildman–Crippen LogP) is 2.13. The van der Waals surface area contributed by atoms with Crippen LogP contribution in [0.5, 0.6) is 5.75 Å². The second-order valence-electron chi connectivity index (χ2n) is 6.06. The number of methoxy groups -OCH3 is 1. The lowest BCUT2D eigenvalue weighted by molar-refractivity contribution is -0.120. The van der Waals surface area contributed by atoms with Gasteiger partial charge in [-0.25, -0.2) is 13.4 Å². The molecular formula is C18H21N3O4S. The number of sulfonamides is 1. The summed E-state index contributed by atoms with van der Waals surface area (Å²) in [6.45, 7) is 0.628. The molecule has 8 heteroatoms. The molecule has 1 fully saturated rings. The Hall–Kier alpha value is -2.45. The van der Waals surface area contributed by atoms with Gasteiger partial charge in [0.2, 0.25) is 15.9 Å². The number of rotatable bonds is 5. The van der Waals surface area contributed by atoms with Crippen LogP contribution in [0.1, 0.15) is 12.8 Å². The van der Waals surface area contributed by atoms with Crippen molar-refractivity contribution in [3.05, 3.63) is 48.7 Å². The highest BCUT2D eigenvalue weighted by atomic mass is 32.2. The third kappa shape index (κ3) is 4.03. The number of nitrogens with zero attached hydrogens (tertiary/aromatic N) is 2. The largest absolute Gasteiger partial charge is 0.497 e. The molecule has 3 rings (SSSR count). The summed E-state index contributed by atoms with van der Waals surface area (Å²) in [6, 6.07) is 11.6. The monoisotopic (exact) mass is 375 g/mol. The van der Waals surface area contributed by atoms with Gasteiger partial charge >= 0.3 is 0 Å². The van der Waals surface area contributed by atoms with Crippen LogP contribution in [0.2, 0.25) is 0 Å². The number of aromatic nitrogens is 1. The lowest BCUT2D eigenvalue weighted by atomic mass is 9.97. The molecule has 138 valence electrons. The topological polar surface area (TPSA) is 88.6 Å². The molecule has 7 nitrogen and oxygen atoms in total. The van der Waals surface area contributed by atoms with Gasteiger partial charge in [0.1, 0.15) is 11.6 Å². The first-order valence-corrected chi connectivity index (χ1v) is 9.81. The average Bonchev–Trinajstić information content (AvgIpc) is 2.69. The Labute approximate surface area is 153 Å². The first kappa shape index (κ1) is 18.3. The molecule has 0 aliphatic carbocycles. The van der Waals surface area contributed by atoms with E-state index in [9.17, 15) is 13.2 Å². The number of carbonyl (C=O) groups is 1. The Morgan fingerprint density at radius 1 is 1.15 bits per heavy atom. The molecule has 1 aliphatic rings. The lowest BCUT2D eigenvalue weighted by Crippen LogP contribution is -2.41. The van der Waals surface area contributed by atoms with Crippen LogP contribution in [0.15, 0.2) is 53.6 Å². The van der Waals surface area contributed by atoms with Crippen molar-refractivity contribution in [1.29, 1.82) is 0 Å². The van der Waals surface area contributed by atoms with Gasteiger partial charge in [-0.15, -0.1) is 0 Å². The van der Waals surface area contributed by atoms with Gasteiger partial charge in [0.05, 0.1) is 12.0 Å². The number of hydrogen-bond donors (Lipinski definition) is 1. The normalized spacial score (nSPS) is 16.2. The highest BCUT2D eigenvalue weighted by Gasteiger charge is 2.32. The zero-order valence-corrected chi connectivity index (χ0v) is 15.3. The molecule has 0 spiro atoms. The van der Waals surface area contributed by atoms with E-state index < -0.39 is 10.0 Å². The first-order chi connectivity index (χ1) is 12.5. The Morgan fingerprint density at radius 3 is 2.42 bits per heavy atom. The molecule has 26 heavy (non-hydrogen) atoms. The van der Waals surface area contributed by atoms with Crippen LogP contribution in [0.3, 0.4) is 0 Å². The Bertz CT molecular complexity index is 846. The summed E-state index contributed by atoms with van der Waals surface area (Å²) in [4.78, 5) is 16.6. The van der Waals surface area contributed by atoms with E-state index in [1.165, 1.54) is 23.5 Å². The highest BCUT2D eigenvalue weighted by Crippen LogP contribution is 2.25. The lowest BCUT2D eigenvalue weighted by Gasteiger charge is -2.30. The second kappa shape index (κ2) is 7.84. The molecule has 1 aliphatic heterocycles. The zero-order chi connectivity index (χ0) is 18.6. The van der Waals surface area contributed by atoms with Gasteiger partial charge in [0, 0.05) is 25.2 Å². The maximum absolute atomic E-state index is 12.7. The smallest absolute Gasteiger partial charge is 0.243 e. The standard InChI is InChI=1S/C18H21N3O4S/c1-25-15-5-7-16(8-6-15)26(23,24)21-12-9-14(10-13-21)18(22)20-17-4-2-3-11-19-17/h2-8,11,14H,9-10,12-13H2,1H3,(H,19,20,22). The zero-order valence-electron chi connectivity index (χ0n) is 14.5. The number of benzene rings is 1. The second-order valence-corrected chi connectivity index (χ2v) is 8.00. The van der Waals surface area contributed by atoms with Gasteiger partial charge in [-0.3, -0.25) is 4.79 Å². The number of anilines is 1. The molecule has 0 saturated carbocycles. The van der Waals surface area contributed by atoms with Crippen LogP contribution in [0.25, 0.3) is 0 Å². The van der Waals surface area contributed by atoms with Crippen LogP contribution in [0, 0.1) is 5.92 Å². The van der Waals surface area contributed by atoms with Crippen molar-refractivity contribution >= 4 is 21.7 Å². The van der Waals surface area contributed by atoms with Gasteiger partial charge in [-0.1, -0.05) is 6.07 Å². The summed E-state index contributed by atoms with van der Waals surface area (Å²) >= 11 is 0.